The molecule has 3 aliphatic heterocycles. The molecule has 4 aliphatic rings. The third-order valence-electron chi connectivity index (χ3n) is 7.17. The highest BCUT2D eigenvalue weighted by Gasteiger charge is 2.52. The summed E-state index contributed by atoms with van der Waals surface area (Å²) in [6.45, 7) is -0.247. The van der Waals surface area contributed by atoms with Crippen molar-refractivity contribution in [2.24, 2.45) is 0 Å². The predicted octanol–water partition coefficient (Wildman–Crippen LogP) is 4.43. The lowest BCUT2D eigenvalue weighted by Gasteiger charge is -2.53. The number of thioether (sulfide) groups is 1. The molecular weight excluding hydrogens is 479 g/mol. The van der Waals surface area contributed by atoms with Crippen molar-refractivity contribution in [2.75, 3.05) is 11.6 Å². The van der Waals surface area contributed by atoms with Crippen molar-refractivity contribution in [2.45, 2.75) is 49.6 Å². The zero-order chi connectivity index (χ0) is 24.5. The third-order valence-corrected chi connectivity index (χ3v) is 8.41. The van der Waals surface area contributed by atoms with Crippen molar-refractivity contribution in [3.63, 3.8) is 0 Å². The summed E-state index contributed by atoms with van der Waals surface area (Å²) in [6.07, 6.45) is 4.46. The molecular formula is C25H22F3N3O3S. The average Bonchev–Trinajstić information content (AvgIpc) is 2.99. The highest BCUT2D eigenvalue weighted by molar-refractivity contribution is 8.02. The Balaban J connectivity index is 1.66. The summed E-state index contributed by atoms with van der Waals surface area (Å²) in [5.74, 6) is -4.42. The molecule has 0 saturated carbocycles. The van der Waals surface area contributed by atoms with E-state index in [0.29, 0.717) is 11.3 Å². The second-order valence-electron chi connectivity index (χ2n) is 9.21. The monoisotopic (exact) mass is 501 g/mol. The Morgan fingerprint density at radius 3 is 2.83 bits per heavy atom. The number of piperidine rings is 1. The topological polar surface area (TPSA) is 65.8 Å². The number of hydrogen-bond acceptors (Lipinski definition) is 5. The Morgan fingerprint density at radius 1 is 1.17 bits per heavy atom. The van der Waals surface area contributed by atoms with Crippen molar-refractivity contribution < 1.29 is 23.1 Å². The molecule has 10 heteroatoms. The van der Waals surface area contributed by atoms with Gasteiger partial charge in [-0.25, -0.2) is 13.2 Å². The highest BCUT2D eigenvalue weighted by atomic mass is 32.2. The summed E-state index contributed by atoms with van der Waals surface area (Å²) in [6, 6.07) is 5.05. The van der Waals surface area contributed by atoms with E-state index in [1.54, 1.807) is 22.8 Å². The standard InChI is InChI=1S/C25H22F3N3O3S/c26-16-6-3-4-14-13-35-18-7-2-1-5-15(18)21(20(14)16)31-19-12-25(27,28)9-11-29(19)24(34)22-23(33)17(32)8-10-30(22)31/h1,3-6,8,10,19,21,33H,2,7,9,11-13H2/t19-,21-/m1/s1. The summed E-state index contributed by atoms with van der Waals surface area (Å²) >= 11 is 1.60. The molecule has 1 amide bonds. The van der Waals surface area contributed by atoms with Crippen LogP contribution >= 0.6 is 11.8 Å². The number of allylic oxidation sites excluding steroid dienone is 2. The average molecular weight is 502 g/mol. The van der Waals surface area contributed by atoms with Gasteiger partial charge in [0.15, 0.2) is 11.4 Å². The molecule has 0 unspecified atom stereocenters. The number of benzene rings is 1. The quantitative estimate of drug-likeness (QED) is 0.626. The van der Waals surface area contributed by atoms with Gasteiger partial charge in [0.1, 0.15) is 18.0 Å². The molecule has 6 rings (SSSR count). The van der Waals surface area contributed by atoms with E-state index in [-0.39, 0.29) is 12.2 Å². The maximum atomic E-state index is 15.6. The van der Waals surface area contributed by atoms with E-state index in [0.717, 1.165) is 34.9 Å². The molecule has 35 heavy (non-hydrogen) atoms. The second-order valence-corrected chi connectivity index (χ2v) is 10.3. The molecule has 6 nitrogen and oxygen atoms in total. The van der Waals surface area contributed by atoms with Crippen LogP contribution in [0.5, 0.6) is 5.75 Å². The summed E-state index contributed by atoms with van der Waals surface area (Å²) in [4.78, 5) is 27.9. The molecule has 182 valence electrons. The first-order valence-corrected chi connectivity index (χ1v) is 12.5. The van der Waals surface area contributed by atoms with Crippen LogP contribution in [0.3, 0.4) is 0 Å². The molecule has 0 bridgehead atoms. The lowest BCUT2D eigenvalue weighted by atomic mass is 9.89. The van der Waals surface area contributed by atoms with Gasteiger partial charge in [-0.3, -0.25) is 19.3 Å². The van der Waals surface area contributed by atoms with Crippen molar-refractivity contribution >= 4 is 17.7 Å². The minimum atomic E-state index is -3.03. The van der Waals surface area contributed by atoms with Gasteiger partial charge >= 0.3 is 0 Å². The van der Waals surface area contributed by atoms with Gasteiger partial charge in [0.05, 0.1) is 6.42 Å². The number of aromatic nitrogens is 1. The van der Waals surface area contributed by atoms with Crippen molar-refractivity contribution in [3.8, 4) is 5.75 Å². The SMILES string of the molecule is O=C1c2c(O)c(=O)ccn2N([C@@H]2C3=C(CCC=C3)SCc3cccc(F)c32)[C@@H]2CC(F)(F)CCN12. The second kappa shape index (κ2) is 7.94. The maximum absolute atomic E-state index is 15.6. The Kier molecular flexibility index (Phi) is 5.07. The molecule has 2 aromatic rings. The van der Waals surface area contributed by atoms with Crippen LogP contribution in [-0.4, -0.2) is 39.2 Å². The van der Waals surface area contributed by atoms with E-state index in [4.69, 9.17) is 0 Å². The summed E-state index contributed by atoms with van der Waals surface area (Å²) in [5, 5.41) is 12.2. The third kappa shape index (κ3) is 3.41. The first-order chi connectivity index (χ1) is 16.8. The van der Waals surface area contributed by atoms with Gasteiger partial charge in [0.25, 0.3) is 11.8 Å². The van der Waals surface area contributed by atoms with E-state index in [9.17, 15) is 23.5 Å². The lowest BCUT2D eigenvalue weighted by Crippen LogP contribution is -2.66. The van der Waals surface area contributed by atoms with Gasteiger partial charge in [0.2, 0.25) is 5.43 Å². The van der Waals surface area contributed by atoms with Crippen LogP contribution in [0.2, 0.25) is 0 Å². The zero-order valence-electron chi connectivity index (χ0n) is 18.6. The smallest absolute Gasteiger partial charge is 0.278 e. The molecule has 4 heterocycles. The minimum absolute atomic E-state index is 0.247. The molecule has 2 atom stereocenters. The number of rotatable bonds is 1. The lowest BCUT2D eigenvalue weighted by molar-refractivity contribution is -0.0785. The molecule has 1 aromatic heterocycles. The molecule has 1 fully saturated rings. The number of halogens is 3. The number of amides is 1. The van der Waals surface area contributed by atoms with E-state index >= 15 is 4.39 Å². The summed E-state index contributed by atoms with van der Waals surface area (Å²) < 4.78 is 46.4. The first kappa shape index (κ1) is 22.3. The number of hydrogen-bond donors (Lipinski definition) is 1. The van der Waals surface area contributed by atoms with Gasteiger partial charge in [-0.1, -0.05) is 24.3 Å². The number of fused-ring (bicyclic) bond motifs is 3. The van der Waals surface area contributed by atoms with Crippen LogP contribution in [-0.2, 0) is 5.75 Å². The molecule has 1 saturated heterocycles. The van der Waals surface area contributed by atoms with Crippen LogP contribution in [0.15, 0.2) is 57.9 Å². The highest BCUT2D eigenvalue weighted by Crippen LogP contribution is 2.48. The Labute approximate surface area is 203 Å². The van der Waals surface area contributed by atoms with Gasteiger partial charge in [0, 0.05) is 36.5 Å². The molecule has 0 radical (unpaired) electrons. The van der Waals surface area contributed by atoms with E-state index in [2.05, 4.69) is 0 Å². The van der Waals surface area contributed by atoms with Crippen LogP contribution in [0.4, 0.5) is 13.2 Å². The molecule has 1 aromatic carbocycles. The van der Waals surface area contributed by atoms with Gasteiger partial charge in [-0.2, -0.15) is 0 Å². The molecule has 0 spiro atoms. The van der Waals surface area contributed by atoms with Gasteiger partial charge in [-0.05, 0) is 34.9 Å². The normalized spacial score (nSPS) is 24.9. The molecule has 1 N–H and O–H groups in total. The minimum Gasteiger partial charge on any atom is -0.502 e. The van der Waals surface area contributed by atoms with Crippen LogP contribution in [0, 0.1) is 5.82 Å². The molecule has 1 aliphatic carbocycles. The van der Waals surface area contributed by atoms with Crippen LogP contribution in [0.25, 0.3) is 0 Å². The zero-order valence-corrected chi connectivity index (χ0v) is 19.4. The Hall–Kier alpha value is -3.14. The fourth-order valence-electron chi connectivity index (χ4n) is 5.54. The predicted molar refractivity (Wildman–Crippen MR) is 125 cm³/mol. The maximum Gasteiger partial charge on any atom is 0.278 e. The van der Waals surface area contributed by atoms with Gasteiger partial charge < -0.3 is 10.0 Å². The van der Waals surface area contributed by atoms with Crippen molar-refractivity contribution in [1.82, 2.24) is 9.58 Å². The van der Waals surface area contributed by atoms with Crippen LogP contribution in [0.1, 0.15) is 53.3 Å². The Morgan fingerprint density at radius 2 is 2.00 bits per heavy atom. The summed E-state index contributed by atoms with van der Waals surface area (Å²) in [5.41, 5.74) is 0.823. The van der Waals surface area contributed by atoms with E-state index < -0.39 is 53.9 Å². The fraction of sp³-hybridized carbons (Fsp3) is 0.360. The van der Waals surface area contributed by atoms with Crippen molar-refractivity contribution in [1.29, 1.82) is 0 Å². The van der Waals surface area contributed by atoms with E-state index in [1.165, 1.54) is 21.8 Å². The first-order valence-electron chi connectivity index (χ1n) is 11.5. The largest absolute Gasteiger partial charge is 0.502 e. The number of pyridine rings is 1. The number of carbonyl (C=O) groups excluding carboxylic acids is 1. The number of aromatic hydroxyl groups is 1. The fourth-order valence-corrected chi connectivity index (χ4v) is 6.73. The number of nitrogens with zero attached hydrogens (tertiary/aromatic N) is 3. The number of carbonyl (C=O) groups is 1. The number of alkyl halides is 2. The Bertz CT molecular complexity index is 1370. The van der Waals surface area contributed by atoms with Gasteiger partial charge in [-0.15, -0.1) is 11.8 Å². The van der Waals surface area contributed by atoms with Crippen LogP contribution < -0.4 is 10.4 Å². The summed E-state index contributed by atoms with van der Waals surface area (Å²) in [7, 11) is 0. The van der Waals surface area contributed by atoms with E-state index in [1.807, 2.05) is 18.2 Å². The van der Waals surface area contributed by atoms with Crippen molar-refractivity contribution in [3.05, 3.63) is 86.0 Å².